The molecule has 5 nitrogen and oxygen atoms in total. The average molecular weight is 248 g/mol. The summed E-state index contributed by atoms with van der Waals surface area (Å²) < 4.78 is 0. The molecule has 1 saturated heterocycles. The first-order valence-electron chi connectivity index (χ1n) is 6.54. The predicted octanol–water partition coefficient (Wildman–Crippen LogP) is 1.44. The predicted molar refractivity (Wildman–Crippen MR) is 70.0 cm³/mol. The molecular weight excluding hydrogens is 228 g/mol. The lowest BCUT2D eigenvalue weighted by Gasteiger charge is -2.27. The molecule has 1 aliphatic heterocycles. The van der Waals surface area contributed by atoms with E-state index in [0.717, 1.165) is 13.1 Å². The Morgan fingerprint density at radius 1 is 1.67 bits per heavy atom. The number of rotatable bonds is 4. The van der Waals surface area contributed by atoms with Crippen LogP contribution in [0.2, 0.25) is 0 Å². The number of carbonyl (C=O) groups excluding carboxylic acids is 1. The number of nitrogens with one attached hydrogen (secondary N) is 2. The molecule has 1 fully saturated rings. The van der Waals surface area contributed by atoms with E-state index in [1.807, 2.05) is 0 Å². The standard InChI is InChI=1S/C13H20N4O/c1-10(11-4-2-6-14-9-11)8-13(18)16-12-5-3-7-15-17-12/h3,5,7,10-11,14H,2,4,6,8-9H2,1H3,(H,16,17,18). The van der Waals surface area contributed by atoms with E-state index in [1.54, 1.807) is 18.3 Å². The Hall–Kier alpha value is -1.49. The van der Waals surface area contributed by atoms with E-state index in [1.165, 1.54) is 12.8 Å². The zero-order valence-corrected chi connectivity index (χ0v) is 10.7. The molecule has 18 heavy (non-hydrogen) atoms. The molecule has 0 aromatic carbocycles. The van der Waals surface area contributed by atoms with Crippen LogP contribution in [0.25, 0.3) is 0 Å². The molecule has 0 aliphatic carbocycles. The first-order valence-corrected chi connectivity index (χ1v) is 6.54. The molecule has 0 saturated carbocycles. The van der Waals surface area contributed by atoms with E-state index in [9.17, 15) is 4.79 Å². The van der Waals surface area contributed by atoms with Gasteiger partial charge in [-0.3, -0.25) is 4.79 Å². The van der Waals surface area contributed by atoms with Crippen molar-refractivity contribution < 1.29 is 4.79 Å². The maximum atomic E-state index is 11.9. The largest absolute Gasteiger partial charge is 0.316 e. The van der Waals surface area contributed by atoms with Crippen LogP contribution < -0.4 is 10.6 Å². The molecule has 2 N–H and O–H groups in total. The van der Waals surface area contributed by atoms with Gasteiger partial charge in [-0.25, -0.2) is 0 Å². The lowest BCUT2D eigenvalue weighted by molar-refractivity contribution is -0.117. The minimum atomic E-state index is 0.0218. The van der Waals surface area contributed by atoms with Crippen LogP contribution in [0, 0.1) is 11.8 Å². The van der Waals surface area contributed by atoms with E-state index in [2.05, 4.69) is 27.8 Å². The van der Waals surface area contributed by atoms with Gasteiger partial charge in [-0.05, 0) is 49.9 Å². The van der Waals surface area contributed by atoms with E-state index in [4.69, 9.17) is 0 Å². The Morgan fingerprint density at radius 3 is 3.22 bits per heavy atom. The van der Waals surface area contributed by atoms with E-state index < -0.39 is 0 Å². The zero-order chi connectivity index (χ0) is 12.8. The topological polar surface area (TPSA) is 66.9 Å². The summed E-state index contributed by atoms with van der Waals surface area (Å²) >= 11 is 0. The Bertz CT molecular complexity index is 376. The fourth-order valence-corrected chi connectivity index (χ4v) is 2.39. The summed E-state index contributed by atoms with van der Waals surface area (Å²) in [6.07, 6.45) is 4.56. The number of amides is 1. The van der Waals surface area contributed by atoms with Gasteiger partial charge in [0.15, 0.2) is 5.82 Å². The quantitative estimate of drug-likeness (QED) is 0.846. The molecule has 1 aromatic rings. The Balaban J connectivity index is 1.79. The molecule has 2 atom stereocenters. The summed E-state index contributed by atoms with van der Waals surface area (Å²) in [5.74, 6) is 1.55. The monoisotopic (exact) mass is 248 g/mol. The van der Waals surface area contributed by atoms with Crippen molar-refractivity contribution >= 4 is 11.7 Å². The van der Waals surface area contributed by atoms with Gasteiger partial charge >= 0.3 is 0 Å². The smallest absolute Gasteiger partial charge is 0.225 e. The van der Waals surface area contributed by atoms with Gasteiger partial charge in [-0.15, -0.1) is 5.10 Å². The number of anilines is 1. The summed E-state index contributed by atoms with van der Waals surface area (Å²) in [7, 11) is 0. The number of hydrogen-bond donors (Lipinski definition) is 2. The van der Waals surface area contributed by atoms with Gasteiger partial charge in [-0.1, -0.05) is 6.92 Å². The molecule has 2 heterocycles. The van der Waals surface area contributed by atoms with Gasteiger partial charge in [-0.2, -0.15) is 5.10 Å². The van der Waals surface area contributed by atoms with Crippen LogP contribution in [0.1, 0.15) is 26.2 Å². The highest BCUT2D eigenvalue weighted by molar-refractivity contribution is 5.89. The molecule has 0 bridgehead atoms. The number of carbonyl (C=O) groups is 1. The van der Waals surface area contributed by atoms with E-state index >= 15 is 0 Å². The van der Waals surface area contributed by atoms with Gasteiger partial charge in [0.05, 0.1) is 0 Å². The first-order chi connectivity index (χ1) is 8.75. The SMILES string of the molecule is CC(CC(=O)Nc1cccnn1)C1CCCNC1. The second kappa shape index (κ2) is 6.44. The van der Waals surface area contributed by atoms with Crippen molar-refractivity contribution in [2.45, 2.75) is 26.2 Å². The number of hydrogen-bond acceptors (Lipinski definition) is 4. The summed E-state index contributed by atoms with van der Waals surface area (Å²) in [5, 5.41) is 13.7. The summed E-state index contributed by atoms with van der Waals surface area (Å²) in [4.78, 5) is 11.9. The average Bonchev–Trinajstić information content (AvgIpc) is 2.40. The van der Waals surface area contributed by atoms with Gasteiger partial charge in [0.25, 0.3) is 0 Å². The maximum absolute atomic E-state index is 11.9. The van der Waals surface area contributed by atoms with E-state index in [-0.39, 0.29) is 5.91 Å². The van der Waals surface area contributed by atoms with Crippen LogP contribution in [0.3, 0.4) is 0 Å². The highest BCUT2D eigenvalue weighted by Gasteiger charge is 2.22. The second-order valence-electron chi connectivity index (χ2n) is 4.94. The van der Waals surface area contributed by atoms with Crippen LogP contribution >= 0.6 is 0 Å². The lowest BCUT2D eigenvalue weighted by atomic mass is 9.85. The fourth-order valence-electron chi connectivity index (χ4n) is 2.39. The summed E-state index contributed by atoms with van der Waals surface area (Å²) in [6.45, 7) is 4.28. The van der Waals surface area contributed by atoms with Crippen molar-refractivity contribution in [2.75, 3.05) is 18.4 Å². The minimum absolute atomic E-state index is 0.0218. The zero-order valence-electron chi connectivity index (χ0n) is 10.7. The molecule has 1 amide bonds. The Morgan fingerprint density at radius 2 is 2.56 bits per heavy atom. The van der Waals surface area contributed by atoms with Crippen LogP contribution in [0.4, 0.5) is 5.82 Å². The molecule has 2 rings (SSSR count). The third-order valence-electron chi connectivity index (χ3n) is 3.49. The number of nitrogens with zero attached hydrogens (tertiary/aromatic N) is 2. The van der Waals surface area contributed by atoms with Crippen LogP contribution in [0.5, 0.6) is 0 Å². The molecule has 98 valence electrons. The molecule has 5 heteroatoms. The lowest BCUT2D eigenvalue weighted by Crippen LogP contribution is -2.34. The van der Waals surface area contributed by atoms with Gasteiger partial charge < -0.3 is 10.6 Å². The molecule has 0 spiro atoms. The van der Waals surface area contributed by atoms with Crippen molar-refractivity contribution in [2.24, 2.45) is 11.8 Å². The molecule has 0 radical (unpaired) electrons. The van der Waals surface area contributed by atoms with Crippen LogP contribution in [-0.4, -0.2) is 29.2 Å². The first kappa shape index (κ1) is 13.0. The van der Waals surface area contributed by atoms with Crippen molar-refractivity contribution in [1.29, 1.82) is 0 Å². The third-order valence-corrected chi connectivity index (χ3v) is 3.49. The van der Waals surface area contributed by atoms with E-state index in [0.29, 0.717) is 24.1 Å². The van der Waals surface area contributed by atoms with Crippen LogP contribution in [-0.2, 0) is 4.79 Å². The fraction of sp³-hybridized carbons (Fsp3) is 0.615. The van der Waals surface area contributed by atoms with Gasteiger partial charge in [0, 0.05) is 12.6 Å². The minimum Gasteiger partial charge on any atom is -0.316 e. The third kappa shape index (κ3) is 3.77. The van der Waals surface area contributed by atoms with Crippen molar-refractivity contribution in [3.63, 3.8) is 0 Å². The van der Waals surface area contributed by atoms with Gasteiger partial charge in [0.2, 0.25) is 5.91 Å². The summed E-state index contributed by atoms with van der Waals surface area (Å²) in [6, 6.07) is 3.51. The Kier molecular flexibility index (Phi) is 4.64. The number of piperidine rings is 1. The summed E-state index contributed by atoms with van der Waals surface area (Å²) in [5.41, 5.74) is 0. The molecule has 2 unspecified atom stereocenters. The van der Waals surface area contributed by atoms with Crippen molar-refractivity contribution in [1.82, 2.24) is 15.5 Å². The molecule has 1 aliphatic rings. The number of aromatic nitrogens is 2. The second-order valence-corrected chi connectivity index (χ2v) is 4.94. The van der Waals surface area contributed by atoms with Crippen molar-refractivity contribution in [3.8, 4) is 0 Å². The molecule has 1 aromatic heterocycles. The van der Waals surface area contributed by atoms with Gasteiger partial charge in [0.1, 0.15) is 0 Å². The highest BCUT2D eigenvalue weighted by Crippen LogP contribution is 2.22. The highest BCUT2D eigenvalue weighted by atomic mass is 16.1. The molecular formula is C13H20N4O. The Labute approximate surface area is 107 Å². The maximum Gasteiger partial charge on any atom is 0.225 e. The normalized spacial score (nSPS) is 21.3. The van der Waals surface area contributed by atoms with Crippen LogP contribution in [0.15, 0.2) is 18.3 Å². The van der Waals surface area contributed by atoms with Crippen molar-refractivity contribution in [3.05, 3.63) is 18.3 Å².